The maximum atomic E-state index is 12.3. The SMILES string of the molecule is O=C(O)/C=C/c1cccc(OC(F)F)c1CCC(=O)O. The fourth-order valence-electron chi connectivity index (χ4n) is 1.61. The van der Waals surface area contributed by atoms with Crippen LogP contribution < -0.4 is 4.74 Å². The van der Waals surface area contributed by atoms with E-state index in [1.54, 1.807) is 0 Å². The van der Waals surface area contributed by atoms with Gasteiger partial charge >= 0.3 is 18.6 Å². The van der Waals surface area contributed by atoms with Crippen LogP contribution in [-0.2, 0) is 16.0 Å². The number of carbonyl (C=O) groups is 2. The fraction of sp³-hybridized carbons (Fsp3) is 0.231. The molecule has 0 spiro atoms. The van der Waals surface area contributed by atoms with Crippen LogP contribution in [0.15, 0.2) is 24.3 Å². The van der Waals surface area contributed by atoms with Crippen molar-refractivity contribution in [3.05, 3.63) is 35.4 Å². The van der Waals surface area contributed by atoms with Crippen LogP contribution in [0.5, 0.6) is 5.75 Å². The fourth-order valence-corrected chi connectivity index (χ4v) is 1.61. The van der Waals surface area contributed by atoms with E-state index in [2.05, 4.69) is 4.74 Å². The lowest BCUT2D eigenvalue weighted by Crippen LogP contribution is -2.07. The topological polar surface area (TPSA) is 83.8 Å². The van der Waals surface area contributed by atoms with Crippen molar-refractivity contribution in [1.29, 1.82) is 0 Å². The molecule has 1 rings (SSSR count). The third-order valence-corrected chi connectivity index (χ3v) is 2.38. The molecule has 0 radical (unpaired) electrons. The second-order valence-electron chi connectivity index (χ2n) is 3.77. The molecule has 2 N–H and O–H groups in total. The number of ether oxygens (including phenoxy) is 1. The first-order valence-electron chi connectivity index (χ1n) is 5.59. The second kappa shape index (κ2) is 7.22. The molecule has 0 saturated heterocycles. The molecule has 0 unspecified atom stereocenters. The lowest BCUT2D eigenvalue weighted by atomic mass is 10.0. The lowest BCUT2D eigenvalue weighted by Gasteiger charge is -2.12. The zero-order chi connectivity index (χ0) is 15.1. The summed E-state index contributed by atoms with van der Waals surface area (Å²) < 4.78 is 28.9. The number of aliphatic carboxylic acids is 2. The number of benzene rings is 1. The van der Waals surface area contributed by atoms with Crippen LogP contribution in [-0.4, -0.2) is 28.8 Å². The molecule has 0 aliphatic rings. The summed E-state index contributed by atoms with van der Waals surface area (Å²) in [6.45, 7) is -3.04. The van der Waals surface area contributed by atoms with Crippen molar-refractivity contribution >= 4 is 18.0 Å². The minimum Gasteiger partial charge on any atom is -0.481 e. The van der Waals surface area contributed by atoms with Crippen molar-refractivity contribution in [2.24, 2.45) is 0 Å². The average Bonchev–Trinajstić information content (AvgIpc) is 2.34. The van der Waals surface area contributed by atoms with Gasteiger partial charge in [0, 0.05) is 18.1 Å². The quantitative estimate of drug-likeness (QED) is 0.752. The molecule has 0 aliphatic carbocycles. The summed E-state index contributed by atoms with van der Waals surface area (Å²) in [7, 11) is 0. The first-order chi connectivity index (χ1) is 9.40. The van der Waals surface area contributed by atoms with Crippen LogP contribution in [0, 0.1) is 0 Å². The molecule has 0 atom stereocenters. The maximum Gasteiger partial charge on any atom is 0.387 e. The first kappa shape index (κ1) is 15.6. The summed E-state index contributed by atoms with van der Waals surface area (Å²) in [6.07, 6.45) is 1.72. The Morgan fingerprint density at radius 2 is 2.00 bits per heavy atom. The summed E-state index contributed by atoms with van der Waals surface area (Å²) in [5, 5.41) is 17.2. The van der Waals surface area contributed by atoms with Gasteiger partial charge in [0.2, 0.25) is 0 Å². The van der Waals surface area contributed by atoms with E-state index in [-0.39, 0.29) is 24.2 Å². The molecule has 0 aromatic heterocycles. The van der Waals surface area contributed by atoms with Gasteiger partial charge in [0.25, 0.3) is 0 Å². The number of carboxylic acid groups (broad SMARTS) is 2. The van der Waals surface area contributed by atoms with E-state index >= 15 is 0 Å². The highest BCUT2D eigenvalue weighted by atomic mass is 19.3. The van der Waals surface area contributed by atoms with Gasteiger partial charge in [0.05, 0.1) is 0 Å². The molecule has 0 amide bonds. The normalized spacial score (nSPS) is 10.9. The average molecular weight is 286 g/mol. The minimum absolute atomic E-state index is 0.0441. The Labute approximate surface area is 113 Å². The summed E-state index contributed by atoms with van der Waals surface area (Å²) in [5.41, 5.74) is 0.555. The van der Waals surface area contributed by atoms with Gasteiger partial charge in [-0.05, 0) is 24.1 Å². The number of rotatable bonds is 7. The van der Waals surface area contributed by atoms with E-state index in [0.717, 1.165) is 6.08 Å². The summed E-state index contributed by atoms with van der Waals surface area (Å²) in [5.74, 6) is -2.45. The highest BCUT2D eigenvalue weighted by Gasteiger charge is 2.13. The molecule has 0 bridgehead atoms. The third kappa shape index (κ3) is 5.05. The number of halogens is 2. The van der Waals surface area contributed by atoms with Gasteiger partial charge in [-0.1, -0.05) is 12.1 Å². The first-order valence-corrected chi connectivity index (χ1v) is 5.59. The van der Waals surface area contributed by atoms with Crippen LogP contribution >= 0.6 is 0 Å². The number of hydrogen-bond donors (Lipinski definition) is 2. The monoisotopic (exact) mass is 286 g/mol. The summed E-state index contributed by atoms with van der Waals surface area (Å²) in [6, 6.07) is 4.19. The Kier molecular flexibility index (Phi) is 5.64. The molecular formula is C13H12F2O5. The van der Waals surface area contributed by atoms with Crippen molar-refractivity contribution in [3.63, 3.8) is 0 Å². The van der Waals surface area contributed by atoms with E-state index < -0.39 is 18.6 Å². The van der Waals surface area contributed by atoms with Crippen LogP contribution in [0.3, 0.4) is 0 Å². The van der Waals surface area contributed by atoms with E-state index in [9.17, 15) is 18.4 Å². The molecule has 0 aliphatic heterocycles. The molecule has 0 heterocycles. The zero-order valence-electron chi connectivity index (χ0n) is 10.3. The Hall–Kier alpha value is -2.44. The molecule has 7 heteroatoms. The molecule has 5 nitrogen and oxygen atoms in total. The van der Waals surface area contributed by atoms with Gasteiger partial charge in [-0.3, -0.25) is 4.79 Å². The molecular weight excluding hydrogens is 274 g/mol. The van der Waals surface area contributed by atoms with E-state index in [4.69, 9.17) is 10.2 Å². The van der Waals surface area contributed by atoms with Crippen molar-refractivity contribution in [2.45, 2.75) is 19.5 Å². The van der Waals surface area contributed by atoms with Crippen LogP contribution in [0.25, 0.3) is 6.08 Å². The Morgan fingerprint density at radius 3 is 2.55 bits per heavy atom. The Bertz CT molecular complexity index is 525. The van der Waals surface area contributed by atoms with Crippen LogP contribution in [0.2, 0.25) is 0 Å². The number of alkyl halides is 2. The highest BCUT2D eigenvalue weighted by Crippen LogP contribution is 2.26. The molecule has 1 aromatic rings. The van der Waals surface area contributed by atoms with E-state index in [1.807, 2.05) is 0 Å². The van der Waals surface area contributed by atoms with Gasteiger partial charge in [-0.25, -0.2) is 4.79 Å². The Balaban J connectivity index is 3.13. The van der Waals surface area contributed by atoms with Gasteiger partial charge in [-0.15, -0.1) is 0 Å². The number of carboxylic acids is 2. The summed E-state index contributed by atoms with van der Waals surface area (Å²) in [4.78, 5) is 21.1. The third-order valence-electron chi connectivity index (χ3n) is 2.38. The zero-order valence-corrected chi connectivity index (χ0v) is 10.3. The molecule has 0 fully saturated rings. The Morgan fingerprint density at radius 1 is 1.30 bits per heavy atom. The number of hydrogen-bond acceptors (Lipinski definition) is 3. The second-order valence-corrected chi connectivity index (χ2v) is 3.77. The smallest absolute Gasteiger partial charge is 0.387 e. The lowest BCUT2D eigenvalue weighted by molar-refractivity contribution is -0.137. The predicted molar refractivity (Wildman–Crippen MR) is 65.7 cm³/mol. The van der Waals surface area contributed by atoms with Crippen molar-refractivity contribution in [1.82, 2.24) is 0 Å². The molecule has 1 aromatic carbocycles. The van der Waals surface area contributed by atoms with E-state index in [1.165, 1.54) is 24.3 Å². The predicted octanol–water partition coefficient (Wildman–Crippen LogP) is 2.40. The largest absolute Gasteiger partial charge is 0.481 e. The van der Waals surface area contributed by atoms with Crippen molar-refractivity contribution in [2.75, 3.05) is 0 Å². The van der Waals surface area contributed by atoms with Gasteiger partial charge in [0.1, 0.15) is 5.75 Å². The van der Waals surface area contributed by atoms with Gasteiger partial charge in [-0.2, -0.15) is 8.78 Å². The molecule has 0 saturated carbocycles. The van der Waals surface area contributed by atoms with Crippen LogP contribution in [0.1, 0.15) is 17.5 Å². The highest BCUT2D eigenvalue weighted by molar-refractivity contribution is 5.85. The molecule has 108 valence electrons. The van der Waals surface area contributed by atoms with Crippen molar-refractivity contribution < 1.29 is 33.3 Å². The van der Waals surface area contributed by atoms with Gasteiger partial charge < -0.3 is 14.9 Å². The standard InChI is InChI=1S/C13H12F2O5/c14-13(15)20-10-3-1-2-8(4-6-11(16)17)9(10)5-7-12(18)19/h1-4,6,13H,5,7H2,(H,16,17)(H,18,19)/b6-4+. The van der Waals surface area contributed by atoms with Crippen LogP contribution in [0.4, 0.5) is 8.78 Å². The maximum absolute atomic E-state index is 12.3. The molecule has 20 heavy (non-hydrogen) atoms. The van der Waals surface area contributed by atoms with Crippen molar-refractivity contribution in [3.8, 4) is 5.75 Å². The summed E-state index contributed by atoms with van der Waals surface area (Å²) >= 11 is 0. The van der Waals surface area contributed by atoms with E-state index in [0.29, 0.717) is 5.56 Å². The minimum atomic E-state index is -3.04. The van der Waals surface area contributed by atoms with Gasteiger partial charge in [0.15, 0.2) is 0 Å².